The van der Waals surface area contributed by atoms with E-state index in [2.05, 4.69) is 17.9 Å². The van der Waals surface area contributed by atoms with Crippen molar-refractivity contribution < 1.29 is 5.11 Å². The van der Waals surface area contributed by atoms with E-state index >= 15 is 0 Å². The van der Waals surface area contributed by atoms with Crippen LogP contribution in [-0.4, -0.2) is 35.7 Å². The van der Waals surface area contributed by atoms with E-state index in [9.17, 15) is 5.11 Å². The van der Waals surface area contributed by atoms with Gasteiger partial charge < -0.3 is 10.8 Å². The lowest BCUT2D eigenvalue weighted by molar-refractivity contribution is 0.180. The first-order valence-electron chi connectivity index (χ1n) is 7.01. The number of nitrogens with two attached hydrogens (primary N) is 1. The van der Waals surface area contributed by atoms with Gasteiger partial charge >= 0.3 is 0 Å². The molecule has 3 nitrogen and oxygen atoms in total. The zero-order chi connectivity index (χ0) is 13.8. The minimum atomic E-state index is 0.0934. The van der Waals surface area contributed by atoms with Crippen molar-refractivity contribution >= 4 is 11.6 Å². The molecule has 0 saturated carbocycles. The van der Waals surface area contributed by atoms with Gasteiger partial charge in [0.25, 0.3) is 0 Å². The Morgan fingerprint density at radius 1 is 1.53 bits per heavy atom. The molecule has 3 atom stereocenters. The van der Waals surface area contributed by atoms with Crippen LogP contribution in [0.25, 0.3) is 0 Å². The molecule has 3 N–H and O–H groups in total. The van der Waals surface area contributed by atoms with E-state index in [1.807, 2.05) is 18.2 Å². The Labute approximate surface area is 120 Å². The number of benzene rings is 1. The Bertz CT molecular complexity index is 413. The maximum Gasteiger partial charge on any atom is 0.0499 e. The quantitative estimate of drug-likeness (QED) is 0.872. The number of nitrogens with zero attached hydrogens (tertiary/aromatic N) is 1. The number of aliphatic hydroxyl groups is 1. The van der Waals surface area contributed by atoms with Gasteiger partial charge in [0.2, 0.25) is 0 Å². The molecular weight excluding hydrogens is 260 g/mol. The Balaban J connectivity index is 2.21. The van der Waals surface area contributed by atoms with Crippen molar-refractivity contribution in [3.8, 4) is 0 Å². The van der Waals surface area contributed by atoms with Crippen LogP contribution in [0.3, 0.4) is 0 Å². The van der Waals surface area contributed by atoms with Gasteiger partial charge in [-0.3, -0.25) is 4.90 Å². The largest absolute Gasteiger partial charge is 0.396 e. The number of likely N-dealkylation sites (tertiary alicyclic amines) is 1. The highest BCUT2D eigenvalue weighted by molar-refractivity contribution is 6.30. The monoisotopic (exact) mass is 282 g/mol. The number of rotatable bonds is 5. The van der Waals surface area contributed by atoms with Crippen LogP contribution in [0.2, 0.25) is 5.02 Å². The minimum Gasteiger partial charge on any atom is -0.396 e. The lowest BCUT2D eigenvalue weighted by atomic mass is 9.96. The van der Waals surface area contributed by atoms with Crippen LogP contribution in [0.4, 0.5) is 0 Å². The zero-order valence-corrected chi connectivity index (χ0v) is 12.2. The molecule has 1 fully saturated rings. The molecule has 1 aromatic rings. The lowest BCUT2D eigenvalue weighted by Crippen LogP contribution is -2.40. The molecule has 1 aromatic carbocycles. The first kappa shape index (κ1) is 14.8. The van der Waals surface area contributed by atoms with Crippen molar-refractivity contribution in [2.45, 2.75) is 31.8 Å². The van der Waals surface area contributed by atoms with Gasteiger partial charge in [0.05, 0.1) is 0 Å². The van der Waals surface area contributed by atoms with Crippen molar-refractivity contribution in [2.24, 2.45) is 11.7 Å². The molecule has 0 aliphatic carbocycles. The maximum absolute atomic E-state index is 9.30. The van der Waals surface area contributed by atoms with E-state index in [1.165, 1.54) is 5.56 Å². The lowest BCUT2D eigenvalue weighted by Gasteiger charge is -2.33. The van der Waals surface area contributed by atoms with E-state index in [0.717, 1.165) is 31.0 Å². The van der Waals surface area contributed by atoms with Gasteiger partial charge in [-0.15, -0.1) is 0 Å². The summed E-state index contributed by atoms with van der Waals surface area (Å²) >= 11 is 6.10. The third kappa shape index (κ3) is 3.48. The summed E-state index contributed by atoms with van der Waals surface area (Å²) in [4.78, 5) is 2.39. The maximum atomic E-state index is 9.30. The van der Waals surface area contributed by atoms with E-state index in [0.29, 0.717) is 5.92 Å². The van der Waals surface area contributed by atoms with E-state index < -0.39 is 0 Å². The van der Waals surface area contributed by atoms with Crippen molar-refractivity contribution in [3.63, 3.8) is 0 Å². The van der Waals surface area contributed by atoms with Gasteiger partial charge in [0.15, 0.2) is 0 Å². The highest BCUT2D eigenvalue weighted by atomic mass is 35.5. The molecule has 1 saturated heterocycles. The molecule has 0 spiro atoms. The Morgan fingerprint density at radius 2 is 2.32 bits per heavy atom. The van der Waals surface area contributed by atoms with Gasteiger partial charge in [-0.05, 0) is 43.0 Å². The van der Waals surface area contributed by atoms with Crippen LogP contribution in [-0.2, 0) is 0 Å². The Kier molecular flexibility index (Phi) is 5.22. The van der Waals surface area contributed by atoms with E-state index in [-0.39, 0.29) is 18.7 Å². The first-order valence-corrected chi connectivity index (χ1v) is 7.39. The fourth-order valence-electron chi connectivity index (χ4n) is 2.91. The summed E-state index contributed by atoms with van der Waals surface area (Å²) in [5.41, 5.74) is 7.50. The second-order valence-electron chi connectivity index (χ2n) is 5.40. The molecule has 0 amide bonds. The summed E-state index contributed by atoms with van der Waals surface area (Å²) in [5, 5.41) is 10.1. The van der Waals surface area contributed by atoms with Gasteiger partial charge in [-0.25, -0.2) is 0 Å². The topological polar surface area (TPSA) is 49.5 Å². The summed E-state index contributed by atoms with van der Waals surface area (Å²) in [6, 6.07) is 8.26. The number of halogens is 1. The molecule has 2 rings (SSSR count). The molecule has 0 radical (unpaired) electrons. The molecule has 1 aliphatic rings. The van der Waals surface area contributed by atoms with Gasteiger partial charge in [-0.1, -0.05) is 30.7 Å². The van der Waals surface area contributed by atoms with Crippen LogP contribution in [0, 0.1) is 5.92 Å². The first-order chi connectivity index (χ1) is 9.15. The van der Waals surface area contributed by atoms with E-state index in [1.54, 1.807) is 0 Å². The predicted octanol–water partition coefficient (Wildman–Crippen LogP) is 2.43. The normalized spacial score (nSPS) is 23.5. The van der Waals surface area contributed by atoms with Crippen LogP contribution in [0.5, 0.6) is 0 Å². The highest BCUT2D eigenvalue weighted by Gasteiger charge is 2.31. The molecule has 1 aliphatic heterocycles. The third-order valence-electron chi connectivity index (χ3n) is 4.04. The summed E-state index contributed by atoms with van der Waals surface area (Å²) < 4.78 is 0. The SMILES string of the molecule is CCC(N)C(c1cccc(Cl)c1)N1CCC(CO)C1. The van der Waals surface area contributed by atoms with Crippen LogP contribution >= 0.6 is 11.6 Å². The zero-order valence-electron chi connectivity index (χ0n) is 11.4. The average Bonchev–Trinajstić information content (AvgIpc) is 2.87. The van der Waals surface area contributed by atoms with Crippen molar-refractivity contribution in [1.29, 1.82) is 0 Å². The van der Waals surface area contributed by atoms with Crippen LogP contribution in [0.15, 0.2) is 24.3 Å². The predicted molar refractivity (Wildman–Crippen MR) is 79.2 cm³/mol. The second-order valence-corrected chi connectivity index (χ2v) is 5.84. The third-order valence-corrected chi connectivity index (χ3v) is 4.27. The van der Waals surface area contributed by atoms with Gasteiger partial charge in [-0.2, -0.15) is 0 Å². The Morgan fingerprint density at radius 3 is 2.89 bits per heavy atom. The van der Waals surface area contributed by atoms with Crippen molar-refractivity contribution in [1.82, 2.24) is 4.90 Å². The van der Waals surface area contributed by atoms with Crippen LogP contribution in [0.1, 0.15) is 31.4 Å². The summed E-state index contributed by atoms with van der Waals surface area (Å²) in [6.45, 7) is 4.29. The van der Waals surface area contributed by atoms with Gasteiger partial charge in [0, 0.05) is 30.3 Å². The molecule has 106 valence electrons. The molecular formula is C15H23ClN2O. The number of hydrogen-bond donors (Lipinski definition) is 2. The van der Waals surface area contributed by atoms with E-state index in [4.69, 9.17) is 17.3 Å². The molecule has 4 heteroatoms. The molecule has 1 heterocycles. The van der Waals surface area contributed by atoms with Crippen molar-refractivity contribution in [3.05, 3.63) is 34.9 Å². The Hall–Kier alpha value is -0.610. The van der Waals surface area contributed by atoms with Crippen molar-refractivity contribution in [2.75, 3.05) is 19.7 Å². The fourth-order valence-corrected chi connectivity index (χ4v) is 3.11. The fraction of sp³-hybridized carbons (Fsp3) is 0.600. The molecule has 19 heavy (non-hydrogen) atoms. The molecule has 0 bridgehead atoms. The van der Waals surface area contributed by atoms with Gasteiger partial charge in [0.1, 0.15) is 0 Å². The second kappa shape index (κ2) is 6.71. The van der Waals surface area contributed by atoms with Crippen LogP contribution < -0.4 is 5.73 Å². The summed E-state index contributed by atoms with van der Waals surface area (Å²) in [5.74, 6) is 0.380. The number of aliphatic hydroxyl groups excluding tert-OH is 1. The molecule has 0 aromatic heterocycles. The minimum absolute atomic E-state index is 0.0934. The average molecular weight is 283 g/mol. The molecule has 3 unspecified atom stereocenters. The number of hydrogen-bond acceptors (Lipinski definition) is 3. The standard InChI is InChI=1S/C15H23ClN2O/c1-2-14(17)15(12-4-3-5-13(16)8-12)18-7-6-11(9-18)10-19/h3-5,8,11,14-15,19H,2,6-7,9-10,17H2,1H3. The summed E-state index contributed by atoms with van der Waals surface area (Å²) in [7, 11) is 0. The summed E-state index contributed by atoms with van der Waals surface area (Å²) in [6.07, 6.45) is 1.97. The smallest absolute Gasteiger partial charge is 0.0499 e. The highest BCUT2D eigenvalue weighted by Crippen LogP contribution is 2.31.